The molecule has 1 aliphatic rings. The van der Waals surface area contributed by atoms with Crippen molar-refractivity contribution in [2.75, 3.05) is 29.9 Å². The lowest BCUT2D eigenvalue weighted by atomic mass is 10.2. The van der Waals surface area contributed by atoms with Gasteiger partial charge in [0.05, 0.1) is 19.3 Å². The van der Waals surface area contributed by atoms with Gasteiger partial charge in [0.25, 0.3) is 0 Å². The zero-order valence-corrected chi connectivity index (χ0v) is 15.3. The van der Waals surface area contributed by atoms with E-state index in [2.05, 4.69) is 38.9 Å². The van der Waals surface area contributed by atoms with Gasteiger partial charge in [-0.3, -0.25) is 0 Å². The van der Waals surface area contributed by atoms with Crippen LogP contribution < -0.4 is 19.1 Å². The number of nitrogens with zero attached hydrogens (tertiary/aromatic N) is 2. The number of nitrogens with one attached hydrogen (secondary N) is 1. The Balaban J connectivity index is 1.57. The average Bonchev–Trinajstić information content (AvgIpc) is 3.19. The molecule has 128 valence electrons. The largest absolute Gasteiger partial charge is 0.497 e. The van der Waals surface area contributed by atoms with Gasteiger partial charge in [-0.1, -0.05) is 6.07 Å². The molecule has 0 saturated heterocycles. The fourth-order valence-corrected chi connectivity index (χ4v) is 3.94. The molecule has 0 saturated carbocycles. The molecule has 2 heterocycles. The van der Waals surface area contributed by atoms with E-state index in [4.69, 9.17) is 9.47 Å². The van der Waals surface area contributed by atoms with Crippen LogP contribution in [0.2, 0.25) is 0 Å². The molecule has 0 aliphatic carbocycles. The van der Waals surface area contributed by atoms with E-state index in [1.165, 1.54) is 11.9 Å². The van der Waals surface area contributed by atoms with E-state index >= 15 is 0 Å². The topological polar surface area (TPSA) is 46.6 Å². The van der Waals surface area contributed by atoms with Gasteiger partial charge in [-0.05, 0) is 42.3 Å². The number of fused-ring (bicyclic) bond motifs is 1. The molecule has 5 nitrogen and oxygen atoms in total. The maximum atomic E-state index is 5.88. The first-order valence-corrected chi connectivity index (χ1v) is 9.54. The minimum absolute atomic E-state index is 0.651. The monoisotopic (exact) mass is 371 g/mol. The molecule has 25 heavy (non-hydrogen) atoms. The fraction of sp³-hybridized carbons (Fsp3) is 0.167. The zero-order valence-electron chi connectivity index (χ0n) is 13.6. The molecule has 0 amide bonds. The van der Waals surface area contributed by atoms with Crippen molar-refractivity contribution in [1.82, 2.24) is 4.98 Å². The highest BCUT2D eigenvalue weighted by molar-refractivity contribution is 8.00. The fourth-order valence-electron chi connectivity index (χ4n) is 2.69. The molecular weight excluding hydrogens is 354 g/mol. The number of rotatable bonds is 5. The second-order valence-electron chi connectivity index (χ2n) is 5.37. The summed E-state index contributed by atoms with van der Waals surface area (Å²) in [6.45, 7) is 1.46. The van der Waals surface area contributed by atoms with Gasteiger partial charge in [0, 0.05) is 28.2 Å². The maximum absolute atomic E-state index is 5.88. The Morgan fingerprint density at radius 1 is 1.28 bits per heavy atom. The molecule has 0 bridgehead atoms. The summed E-state index contributed by atoms with van der Waals surface area (Å²) in [5.74, 6) is 1.74. The summed E-state index contributed by atoms with van der Waals surface area (Å²) in [6.07, 6.45) is 1.79. The lowest BCUT2D eigenvalue weighted by Crippen LogP contribution is -2.28. The Bertz CT molecular complexity index is 855. The quantitative estimate of drug-likeness (QED) is 0.650. The molecule has 1 N–H and O–H groups in total. The second kappa shape index (κ2) is 7.25. The third-order valence-corrected chi connectivity index (χ3v) is 5.45. The molecule has 0 radical (unpaired) electrons. The molecule has 0 fully saturated rings. The van der Waals surface area contributed by atoms with E-state index in [1.54, 1.807) is 24.6 Å². The van der Waals surface area contributed by atoms with Crippen LogP contribution in [-0.2, 0) is 0 Å². The van der Waals surface area contributed by atoms with Crippen molar-refractivity contribution < 1.29 is 9.47 Å². The van der Waals surface area contributed by atoms with Gasteiger partial charge in [0.1, 0.15) is 18.1 Å². The summed E-state index contributed by atoms with van der Waals surface area (Å²) >= 11 is 3.11. The van der Waals surface area contributed by atoms with E-state index in [1.807, 2.05) is 23.6 Å². The molecular formula is C18H17N3O2S2. The van der Waals surface area contributed by atoms with Crippen LogP contribution >= 0.6 is 23.3 Å². The van der Waals surface area contributed by atoms with Gasteiger partial charge in [0.15, 0.2) is 5.13 Å². The Hall–Kier alpha value is -2.38. The van der Waals surface area contributed by atoms with E-state index in [0.717, 1.165) is 39.4 Å². The number of benzene rings is 2. The molecule has 1 aromatic heterocycles. The first-order chi connectivity index (χ1) is 12.3. The highest BCUT2D eigenvalue weighted by Gasteiger charge is 2.20. The molecule has 0 spiro atoms. The minimum Gasteiger partial charge on any atom is -0.497 e. The first-order valence-electron chi connectivity index (χ1n) is 7.84. The summed E-state index contributed by atoms with van der Waals surface area (Å²) < 4.78 is 14.5. The summed E-state index contributed by atoms with van der Waals surface area (Å²) in [6, 6.07) is 14.3. The molecule has 7 heteroatoms. The van der Waals surface area contributed by atoms with Crippen LogP contribution in [0.25, 0.3) is 0 Å². The van der Waals surface area contributed by atoms with Crippen molar-refractivity contribution in [3.63, 3.8) is 0 Å². The van der Waals surface area contributed by atoms with Gasteiger partial charge >= 0.3 is 0 Å². The Morgan fingerprint density at radius 3 is 3.08 bits per heavy atom. The van der Waals surface area contributed by atoms with Crippen LogP contribution in [0.15, 0.2) is 58.9 Å². The Kier molecular flexibility index (Phi) is 4.67. The minimum atomic E-state index is 0.651. The number of hydrogen-bond acceptors (Lipinski definition) is 7. The highest BCUT2D eigenvalue weighted by Crippen LogP contribution is 2.39. The van der Waals surface area contributed by atoms with Gasteiger partial charge < -0.3 is 19.1 Å². The first kappa shape index (κ1) is 16.1. The third-order valence-electron chi connectivity index (χ3n) is 3.85. The number of hydrogen-bond donors (Lipinski definition) is 1. The zero-order chi connectivity index (χ0) is 17.1. The van der Waals surface area contributed by atoms with E-state index < -0.39 is 0 Å². The van der Waals surface area contributed by atoms with E-state index in [9.17, 15) is 0 Å². The summed E-state index contributed by atoms with van der Waals surface area (Å²) in [4.78, 5) is 7.56. The van der Waals surface area contributed by atoms with Crippen LogP contribution in [-0.4, -0.2) is 25.2 Å². The number of anilines is 3. The van der Waals surface area contributed by atoms with Crippen molar-refractivity contribution in [2.45, 2.75) is 4.90 Å². The molecule has 3 aromatic rings. The predicted octanol–water partition coefficient (Wildman–Crippen LogP) is 4.80. The van der Waals surface area contributed by atoms with Crippen molar-refractivity contribution in [1.29, 1.82) is 0 Å². The van der Waals surface area contributed by atoms with E-state index in [-0.39, 0.29) is 0 Å². The maximum Gasteiger partial charge on any atom is 0.192 e. The molecule has 4 rings (SSSR count). The van der Waals surface area contributed by atoms with Gasteiger partial charge in [-0.2, -0.15) is 0 Å². The lowest BCUT2D eigenvalue weighted by molar-refractivity contribution is 0.313. The molecule has 0 atom stereocenters. The van der Waals surface area contributed by atoms with Gasteiger partial charge in [0.2, 0.25) is 0 Å². The molecule has 0 unspecified atom stereocenters. The van der Waals surface area contributed by atoms with Crippen LogP contribution in [0.1, 0.15) is 0 Å². The molecule has 1 aliphatic heterocycles. The Labute approximate surface area is 154 Å². The SMILES string of the molecule is COc1cccc(N2CCOc3cc(SNc4nccs4)ccc32)c1. The standard InChI is InChI=1S/C18H17N3O2S2/c1-22-14-4-2-3-13(11-14)21-8-9-23-17-12-15(5-6-16(17)21)25-20-18-19-7-10-24-18/h2-7,10-12H,8-9H2,1H3,(H,19,20). The number of ether oxygens (including phenoxy) is 2. The van der Waals surface area contributed by atoms with Crippen molar-refractivity contribution in [2.24, 2.45) is 0 Å². The van der Waals surface area contributed by atoms with Gasteiger partial charge in [-0.15, -0.1) is 11.3 Å². The van der Waals surface area contributed by atoms with Crippen LogP contribution in [0, 0.1) is 0 Å². The van der Waals surface area contributed by atoms with Gasteiger partial charge in [-0.25, -0.2) is 4.98 Å². The average molecular weight is 371 g/mol. The van der Waals surface area contributed by atoms with Crippen molar-refractivity contribution in [3.05, 3.63) is 54.0 Å². The number of aromatic nitrogens is 1. The van der Waals surface area contributed by atoms with E-state index in [0.29, 0.717) is 6.61 Å². The predicted molar refractivity (Wildman–Crippen MR) is 104 cm³/mol. The lowest BCUT2D eigenvalue weighted by Gasteiger charge is -2.31. The Morgan fingerprint density at radius 2 is 2.24 bits per heavy atom. The third kappa shape index (κ3) is 3.52. The van der Waals surface area contributed by atoms with Crippen LogP contribution in [0.3, 0.4) is 0 Å². The normalized spacial score (nSPS) is 13.1. The van der Waals surface area contributed by atoms with Crippen molar-refractivity contribution in [3.8, 4) is 11.5 Å². The second-order valence-corrected chi connectivity index (χ2v) is 7.15. The number of methoxy groups -OCH3 is 1. The smallest absolute Gasteiger partial charge is 0.192 e. The van der Waals surface area contributed by atoms with Crippen LogP contribution in [0.5, 0.6) is 11.5 Å². The summed E-state index contributed by atoms with van der Waals surface area (Å²) in [5.41, 5.74) is 2.17. The van der Waals surface area contributed by atoms with Crippen molar-refractivity contribution >= 4 is 39.8 Å². The molecule has 2 aromatic carbocycles. The van der Waals surface area contributed by atoms with Crippen LogP contribution in [0.4, 0.5) is 16.5 Å². The number of thiazole rings is 1. The highest BCUT2D eigenvalue weighted by atomic mass is 32.2. The summed E-state index contributed by atoms with van der Waals surface area (Å²) in [5, 5.41) is 2.84. The summed E-state index contributed by atoms with van der Waals surface area (Å²) in [7, 11) is 1.69.